The van der Waals surface area contributed by atoms with E-state index >= 15 is 0 Å². The lowest BCUT2D eigenvalue weighted by atomic mass is 10.2. The molecule has 0 aliphatic heterocycles. The van der Waals surface area contributed by atoms with Crippen molar-refractivity contribution in [2.24, 2.45) is 0 Å². The van der Waals surface area contributed by atoms with Crippen molar-refractivity contribution in [3.63, 3.8) is 0 Å². The molecule has 0 amide bonds. The maximum atomic E-state index is 5.64. The van der Waals surface area contributed by atoms with Crippen LogP contribution in [0, 0.1) is 12.3 Å². The number of rotatable bonds is 6. The first-order valence-corrected chi connectivity index (χ1v) is 5.12. The van der Waals surface area contributed by atoms with E-state index in [1.54, 1.807) is 0 Å². The molecule has 1 aromatic carbocycles. The van der Waals surface area contributed by atoms with E-state index in [0.717, 1.165) is 6.54 Å². The SMILES string of the molecule is C#CCNCC(C)OCc1ccccc1. The maximum absolute atomic E-state index is 5.64. The topological polar surface area (TPSA) is 21.3 Å². The van der Waals surface area contributed by atoms with Crippen LogP contribution in [-0.2, 0) is 11.3 Å². The van der Waals surface area contributed by atoms with Gasteiger partial charge in [-0.1, -0.05) is 36.3 Å². The van der Waals surface area contributed by atoms with Crippen molar-refractivity contribution in [1.29, 1.82) is 0 Å². The molecule has 15 heavy (non-hydrogen) atoms. The quantitative estimate of drug-likeness (QED) is 0.562. The molecule has 1 aromatic rings. The highest BCUT2D eigenvalue weighted by Crippen LogP contribution is 2.02. The normalized spacial score (nSPS) is 12.0. The second kappa shape index (κ2) is 7.05. The molecule has 0 fully saturated rings. The van der Waals surface area contributed by atoms with Crippen LogP contribution in [-0.4, -0.2) is 19.2 Å². The molecular weight excluding hydrogens is 186 g/mol. The third kappa shape index (κ3) is 5.21. The van der Waals surface area contributed by atoms with Crippen molar-refractivity contribution in [2.75, 3.05) is 13.1 Å². The number of terminal acetylenes is 1. The van der Waals surface area contributed by atoms with E-state index in [4.69, 9.17) is 11.2 Å². The predicted molar refractivity (Wildman–Crippen MR) is 62.4 cm³/mol. The van der Waals surface area contributed by atoms with Crippen LogP contribution in [0.5, 0.6) is 0 Å². The summed E-state index contributed by atoms with van der Waals surface area (Å²) in [5, 5.41) is 3.11. The average molecular weight is 203 g/mol. The second-order valence-electron chi connectivity index (χ2n) is 3.44. The van der Waals surface area contributed by atoms with E-state index in [2.05, 4.69) is 23.4 Å². The molecule has 1 rings (SSSR count). The van der Waals surface area contributed by atoms with Crippen molar-refractivity contribution in [2.45, 2.75) is 19.6 Å². The minimum absolute atomic E-state index is 0.179. The van der Waals surface area contributed by atoms with E-state index in [1.807, 2.05) is 25.1 Å². The van der Waals surface area contributed by atoms with Gasteiger partial charge in [0.15, 0.2) is 0 Å². The molecule has 0 bridgehead atoms. The maximum Gasteiger partial charge on any atom is 0.0721 e. The fourth-order valence-corrected chi connectivity index (χ4v) is 1.22. The Bertz CT molecular complexity index is 302. The highest BCUT2D eigenvalue weighted by molar-refractivity contribution is 5.13. The van der Waals surface area contributed by atoms with Gasteiger partial charge in [-0.15, -0.1) is 6.42 Å². The highest BCUT2D eigenvalue weighted by Gasteiger charge is 2.00. The Morgan fingerprint density at radius 2 is 2.13 bits per heavy atom. The summed E-state index contributed by atoms with van der Waals surface area (Å²) < 4.78 is 5.64. The molecule has 0 aliphatic carbocycles. The van der Waals surface area contributed by atoms with Crippen molar-refractivity contribution in [3.8, 4) is 12.3 Å². The minimum atomic E-state index is 0.179. The van der Waals surface area contributed by atoms with Crippen molar-refractivity contribution in [3.05, 3.63) is 35.9 Å². The van der Waals surface area contributed by atoms with E-state index in [9.17, 15) is 0 Å². The van der Waals surface area contributed by atoms with Crippen LogP contribution in [0.3, 0.4) is 0 Å². The van der Waals surface area contributed by atoms with Gasteiger partial charge in [-0.25, -0.2) is 0 Å². The zero-order chi connectivity index (χ0) is 10.9. The fourth-order valence-electron chi connectivity index (χ4n) is 1.22. The van der Waals surface area contributed by atoms with E-state index in [-0.39, 0.29) is 6.10 Å². The molecular formula is C13H17NO. The molecule has 2 heteroatoms. The van der Waals surface area contributed by atoms with Crippen LogP contribution < -0.4 is 5.32 Å². The van der Waals surface area contributed by atoms with Crippen molar-refractivity contribution in [1.82, 2.24) is 5.32 Å². The zero-order valence-electron chi connectivity index (χ0n) is 9.07. The smallest absolute Gasteiger partial charge is 0.0721 e. The lowest BCUT2D eigenvalue weighted by Crippen LogP contribution is -2.26. The van der Waals surface area contributed by atoms with Gasteiger partial charge in [0, 0.05) is 6.54 Å². The van der Waals surface area contributed by atoms with Crippen LogP contribution in [0.4, 0.5) is 0 Å². The molecule has 0 saturated carbocycles. The summed E-state index contributed by atoms with van der Waals surface area (Å²) in [7, 11) is 0. The molecule has 0 aromatic heterocycles. The molecule has 1 atom stereocenters. The third-order valence-corrected chi connectivity index (χ3v) is 2.04. The van der Waals surface area contributed by atoms with Crippen LogP contribution in [0.1, 0.15) is 12.5 Å². The molecule has 2 nitrogen and oxygen atoms in total. The van der Waals surface area contributed by atoms with Gasteiger partial charge in [0.05, 0.1) is 19.3 Å². The molecule has 1 N–H and O–H groups in total. The highest BCUT2D eigenvalue weighted by atomic mass is 16.5. The van der Waals surface area contributed by atoms with Crippen molar-refractivity contribution >= 4 is 0 Å². The van der Waals surface area contributed by atoms with Crippen LogP contribution in [0.25, 0.3) is 0 Å². The lowest BCUT2D eigenvalue weighted by Gasteiger charge is -2.12. The molecule has 1 unspecified atom stereocenters. The Balaban J connectivity index is 2.17. The summed E-state index contributed by atoms with van der Waals surface area (Å²) in [6.45, 7) is 4.07. The van der Waals surface area contributed by atoms with E-state index in [0.29, 0.717) is 13.2 Å². The van der Waals surface area contributed by atoms with Gasteiger partial charge in [-0.05, 0) is 12.5 Å². The third-order valence-electron chi connectivity index (χ3n) is 2.04. The number of hydrogen-bond acceptors (Lipinski definition) is 2. The number of ether oxygens (including phenoxy) is 1. The first-order valence-electron chi connectivity index (χ1n) is 5.12. The van der Waals surface area contributed by atoms with E-state index in [1.165, 1.54) is 5.56 Å². The van der Waals surface area contributed by atoms with Gasteiger partial charge in [-0.2, -0.15) is 0 Å². The largest absolute Gasteiger partial charge is 0.373 e. The zero-order valence-corrected chi connectivity index (χ0v) is 9.07. The summed E-state index contributed by atoms with van der Waals surface area (Å²) in [6.07, 6.45) is 5.31. The first-order chi connectivity index (χ1) is 7.33. The Hall–Kier alpha value is -1.30. The van der Waals surface area contributed by atoms with Gasteiger partial charge < -0.3 is 10.1 Å². The second-order valence-corrected chi connectivity index (χ2v) is 3.44. The summed E-state index contributed by atoms with van der Waals surface area (Å²) in [5.74, 6) is 2.53. The number of hydrogen-bond donors (Lipinski definition) is 1. The predicted octanol–water partition coefficient (Wildman–Crippen LogP) is 1.81. The van der Waals surface area contributed by atoms with Gasteiger partial charge in [0.25, 0.3) is 0 Å². The summed E-state index contributed by atoms with van der Waals surface area (Å²) >= 11 is 0. The van der Waals surface area contributed by atoms with Gasteiger partial charge in [0.2, 0.25) is 0 Å². The Kier molecular flexibility index (Phi) is 5.54. The van der Waals surface area contributed by atoms with Gasteiger partial charge >= 0.3 is 0 Å². The summed E-state index contributed by atoms with van der Waals surface area (Å²) in [6, 6.07) is 10.1. The molecule has 0 radical (unpaired) electrons. The molecule has 0 spiro atoms. The number of nitrogens with one attached hydrogen (secondary N) is 1. The Morgan fingerprint density at radius 3 is 2.80 bits per heavy atom. The van der Waals surface area contributed by atoms with Gasteiger partial charge in [0.1, 0.15) is 0 Å². The summed E-state index contributed by atoms with van der Waals surface area (Å²) in [5.41, 5.74) is 1.20. The number of benzene rings is 1. The Labute approximate surface area is 91.6 Å². The Morgan fingerprint density at radius 1 is 1.40 bits per heavy atom. The summed E-state index contributed by atoms with van der Waals surface area (Å²) in [4.78, 5) is 0. The van der Waals surface area contributed by atoms with Crippen LogP contribution in [0.2, 0.25) is 0 Å². The lowest BCUT2D eigenvalue weighted by molar-refractivity contribution is 0.0539. The molecule has 0 heterocycles. The monoisotopic (exact) mass is 203 g/mol. The molecule has 80 valence electrons. The standard InChI is InChI=1S/C13H17NO/c1-3-9-14-10-12(2)15-11-13-7-5-4-6-8-13/h1,4-8,12,14H,9-11H2,2H3. The van der Waals surface area contributed by atoms with Gasteiger partial charge in [-0.3, -0.25) is 0 Å². The van der Waals surface area contributed by atoms with Crippen LogP contribution in [0.15, 0.2) is 30.3 Å². The fraction of sp³-hybridized carbons (Fsp3) is 0.385. The molecule has 0 aliphatic rings. The molecule has 0 saturated heterocycles. The van der Waals surface area contributed by atoms with E-state index < -0.39 is 0 Å². The van der Waals surface area contributed by atoms with Crippen LogP contribution >= 0.6 is 0 Å². The van der Waals surface area contributed by atoms with Crippen molar-refractivity contribution < 1.29 is 4.74 Å². The first kappa shape index (κ1) is 11.8. The average Bonchev–Trinajstić information content (AvgIpc) is 2.28. The minimum Gasteiger partial charge on any atom is -0.373 e.